The minimum Gasteiger partial charge on any atom is -0.507 e. The highest BCUT2D eigenvalue weighted by Gasteiger charge is 2.11. The lowest BCUT2D eigenvalue weighted by Crippen LogP contribution is -2.22. The number of hydrogen-bond donors (Lipinski definition) is 2. The maximum Gasteiger partial charge on any atom is 0.255 e. The minimum atomic E-state index is -0.575. The van der Waals surface area contributed by atoms with Crippen LogP contribution in [0.1, 0.15) is 28.4 Å². The van der Waals surface area contributed by atoms with Crippen LogP contribution in [-0.2, 0) is 13.0 Å². The lowest BCUT2D eigenvalue weighted by molar-refractivity contribution is 0.0948. The van der Waals surface area contributed by atoms with Gasteiger partial charge in [0.05, 0.1) is 5.56 Å². The summed E-state index contributed by atoms with van der Waals surface area (Å²) >= 11 is 0. The fraction of sp³-hybridized carbons (Fsp3) is 0.188. The third-order valence-corrected chi connectivity index (χ3v) is 3.09. The Labute approximate surface area is 117 Å². The van der Waals surface area contributed by atoms with E-state index in [1.54, 1.807) is 0 Å². The molecule has 1 amide bonds. The summed E-state index contributed by atoms with van der Waals surface area (Å²) in [6.45, 7) is 2.44. The predicted molar refractivity (Wildman–Crippen MR) is 75.1 cm³/mol. The van der Waals surface area contributed by atoms with E-state index in [9.17, 15) is 14.3 Å². The van der Waals surface area contributed by atoms with Crippen molar-refractivity contribution in [1.29, 1.82) is 0 Å². The average molecular weight is 273 g/mol. The summed E-state index contributed by atoms with van der Waals surface area (Å²) in [5, 5.41) is 12.2. The van der Waals surface area contributed by atoms with Crippen molar-refractivity contribution in [2.45, 2.75) is 19.9 Å². The summed E-state index contributed by atoms with van der Waals surface area (Å²) in [5.41, 5.74) is 2.27. The number of halogens is 1. The van der Waals surface area contributed by atoms with Crippen molar-refractivity contribution >= 4 is 5.91 Å². The van der Waals surface area contributed by atoms with Gasteiger partial charge in [0.2, 0.25) is 0 Å². The number of aromatic hydroxyl groups is 1. The molecule has 2 aromatic rings. The quantitative estimate of drug-likeness (QED) is 0.899. The third-order valence-electron chi connectivity index (χ3n) is 3.09. The fourth-order valence-corrected chi connectivity index (χ4v) is 1.87. The van der Waals surface area contributed by atoms with Crippen molar-refractivity contribution in [2.75, 3.05) is 0 Å². The molecule has 0 saturated heterocycles. The van der Waals surface area contributed by atoms with Crippen LogP contribution in [0.3, 0.4) is 0 Å². The van der Waals surface area contributed by atoms with E-state index in [0.717, 1.165) is 24.1 Å². The predicted octanol–water partition coefficient (Wildman–Crippen LogP) is 3.02. The highest BCUT2D eigenvalue weighted by atomic mass is 19.1. The van der Waals surface area contributed by atoms with Crippen LogP contribution in [-0.4, -0.2) is 11.0 Å². The zero-order valence-corrected chi connectivity index (χ0v) is 11.2. The first kappa shape index (κ1) is 14.1. The molecule has 0 heterocycles. The van der Waals surface area contributed by atoms with Crippen LogP contribution in [0, 0.1) is 5.82 Å². The highest BCUT2D eigenvalue weighted by Crippen LogP contribution is 2.17. The molecular formula is C16H16FNO2. The molecule has 0 aliphatic rings. The summed E-state index contributed by atoms with van der Waals surface area (Å²) in [6.07, 6.45) is 0.968. The Kier molecular flexibility index (Phi) is 4.35. The number of hydrogen-bond acceptors (Lipinski definition) is 2. The largest absolute Gasteiger partial charge is 0.507 e. The molecule has 0 aromatic heterocycles. The van der Waals surface area contributed by atoms with Gasteiger partial charge in [0.15, 0.2) is 0 Å². The molecule has 0 aliphatic carbocycles. The van der Waals surface area contributed by atoms with Crippen LogP contribution in [0.4, 0.5) is 4.39 Å². The third kappa shape index (κ3) is 3.35. The Morgan fingerprint density at radius 3 is 2.40 bits per heavy atom. The highest BCUT2D eigenvalue weighted by molar-refractivity contribution is 5.96. The number of phenols is 1. The summed E-state index contributed by atoms with van der Waals surface area (Å²) in [4.78, 5) is 11.9. The maximum atomic E-state index is 12.8. The molecule has 2 N–H and O–H groups in total. The molecule has 4 heteroatoms. The zero-order valence-electron chi connectivity index (χ0n) is 11.2. The second kappa shape index (κ2) is 6.19. The van der Waals surface area contributed by atoms with Crippen molar-refractivity contribution in [3.05, 3.63) is 65.0 Å². The number of phenolic OH excluding ortho intramolecular Hbond substituents is 1. The van der Waals surface area contributed by atoms with E-state index >= 15 is 0 Å². The molecule has 0 spiro atoms. The van der Waals surface area contributed by atoms with Crippen LogP contribution in [0.5, 0.6) is 5.75 Å². The molecule has 0 bridgehead atoms. The number of rotatable bonds is 4. The van der Waals surface area contributed by atoms with Crippen molar-refractivity contribution in [3.63, 3.8) is 0 Å². The van der Waals surface area contributed by atoms with Crippen molar-refractivity contribution < 1.29 is 14.3 Å². The number of nitrogens with one attached hydrogen (secondary N) is 1. The molecule has 2 rings (SSSR count). The fourth-order valence-electron chi connectivity index (χ4n) is 1.87. The van der Waals surface area contributed by atoms with E-state index in [0.29, 0.717) is 6.54 Å². The van der Waals surface area contributed by atoms with Gasteiger partial charge in [0.25, 0.3) is 5.91 Å². The van der Waals surface area contributed by atoms with E-state index < -0.39 is 11.7 Å². The Bertz CT molecular complexity index is 608. The summed E-state index contributed by atoms with van der Waals surface area (Å²) in [5.74, 6) is -1.36. The van der Waals surface area contributed by atoms with Gasteiger partial charge in [-0.05, 0) is 29.7 Å². The number of benzene rings is 2. The molecule has 0 unspecified atom stereocenters. The molecule has 104 valence electrons. The number of aryl methyl sites for hydroxylation is 1. The average Bonchev–Trinajstić information content (AvgIpc) is 2.45. The van der Waals surface area contributed by atoms with E-state index in [1.165, 1.54) is 11.6 Å². The molecule has 0 fully saturated rings. The van der Waals surface area contributed by atoms with Gasteiger partial charge in [-0.3, -0.25) is 4.79 Å². The Balaban J connectivity index is 2.00. The Morgan fingerprint density at radius 1 is 1.15 bits per heavy atom. The van der Waals surface area contributed by atoms with Crippen molar-refractivity contribution in [3.8, 4) is 5.75 Å². The number of carbonyl (C=O) groups is 1. The van der Waals surface area contributed by atoms with Crippen LogP contribution >= 0.6 is 0 Å². The van der Waals surface area contributed by atoms with E-state index in [2.05, 4.69) is 12.2 Å². The molecule has 0 atom stereocenters. The Morgan fingerprint density at radius 2 is 1.80 bits per heavy atom. The van der Waals surface area contributed by atoms with Crippen LogP contribution < -0.4 is 5.32 Å². The standard InChI is InChI=1S/C16H16FNO2/c1-2-11-3-5-12(6-4-11)10-18-16(20)14-8-7-13(17)9-15(14)19/h3-9,19H,2,10H2,1H3,(H,18,20). The smallest absolute Gasteiger partial charge is 0.255 e. The van der Waals surface area contributed by atoms with Crippen LogP contribution in [0.25, 0.3) is 0 Å². The van der Waals surface area contributed by atoms with Crippen LogP contribution in [0.2, 0.25) is 0 Å². The van der Waals surface area contributed by atoms with Gasteiger partial charge in [0.1, 0.15) is 11.6 Å². The molecule has 0 aliphatic heterocycles. The van der Waals surface area contributed by atoms with E-state index in [1.807, 2.05) is 24.3 Å². The summed E-state index contributed by atoms with van der Waals surface area (Å²) in [6, 6.07) is 11.2. The lowest BCUT2D eigenvalue weighted by atomic mass is 10.1. The molecule has 0 saturated carbocycles. The number of carbonyl (C=O) groups excluding carboxylic acids is 1. The molecule has 2 aromatic carbocycles. The van der Waals surface area contributed by atoms with Crippen molar-refractivity contribution in [2.24, 2.45) is 0 Å². The Hall–Kier alpha value is -2.36. The van der Waals surface area contributed by atoms with Gasteiger partial charge in [-0.25, -0.2) is 4.39 Å². The van der Waals surface area contributed by atoms with Gasteiger partial charge in [0, 0.05) is 12.6 Å². The van der Waals surface area contributed by atoms with Gasteiger partial charge >= 0.3 is 0 Å². The van der Waals surface area contributed by atoms with Gasteiger partial charge in [-0.2, -0.15) is 0 Å². The SMILES string of the molecule is CCc1ccc(CNC(=O)c2ccc(F)cc2O)cc1. The second-order valence-electron chi connectivity index (χ2n) is 4.51. The summed E-state index contributed by atoms with van der Waals surface area (Å²) in [7, 11) is 0. The van der Waals surface area contributed by atoms with E-state index in [-0.39, 0.29) is 11.3 Å². The van der Waals surface area contributed by atoms with Gasteiger partial charge < -0.3 is 10.4 Å². The molecular weight excluding hydrogens is 257 g/mol. The second-order valence-corrected chi connectivity index (χ2v) is 4.51. The first-order valence-electron chi connectivity index (χ1n) is 6.44. The van der Waals surface area contributed by atoms with Gasteiger partial charge in [-0.1, -0.05) is 31.2 Å². The topological polar surface area (TPSA) is 49.3 Å². The molecule has 20 heavy (non-hydrogen) atoms. The van der Waals surface area contributed by atoms with Crippen LogP contribution in [0.15, 0.2) is 42.5 Å². The minimum absolute atomic E-state index is 0.0663. The van der Waals surface area contributed by atoms with E-state index in [4.69, 9.17) is 0 Å². The maximum absolute atomic E-state index is 12.8. The first-order chi connectivity index (χ1) is 9.60. The molecule has 3 nitrogen and oxygen atoms in total. The first-order valence-corrected chi connectivity index (χ1v) is 6.44. The normalized spacial score (nSPS) is 10.3. The monoisotopic (exact) mass is 273 g/mol. The summed E-state index contributed by atoms with van der Waals surface area (Å²) < 4.78 is 12.8. The lowest BCUT2D eigenvalue weighted by Gasteiger charge is -2.07. The number of amides is 1. The van der Waals surface area contributed by atoms with Crippen molar-refractivity contribution in [1.82, 2.24) is 5.32 Å². The van der Waals surface area contributed by atoms with Gasteiger partial charge in [-0.15, -0.1) is 0 Å². The molecule has 0 radical (unpaired) electrons. The zero-order chi connectivity index (χ0) is 14.5.